The van der Waals surface area contributed by atoms with E-state index in [1.54, 1.807) is 67.8 Å². The number of aryl methyl sites for hydroxylation is 1. The number of sulfone groups is 1. The Morgan fingerprint density at radius 3 is 2.49 bits per heavy atom. The quantitative estimate of drug-likeness (QED) is 0.123. The van der Waals surface area contributed by atoms with Gasteiger partial charge in [0.05, 0.1) is 10.1 Å². The summed E-state index contributed by atoms with van der Waals surface area (Å²) in [4.78, 5) is 40.2. The molecule has 47 heavy (non-hydrogen) atoms. The Morgan fingerprint density at radius 2 is 1.81 bits per heavy atom. The number of hydrogen-bond donors (Lipinski definition) is 5. The van der Waals surface area contributed by atoms with Gasteiger partial charge in [-0.1, -0.05) is 24.3 Å². The lowest BCUT2D eigenvalue weighted by molar-refractivity contribution is -0.138. The van der Waals surface area contributed by atoms with E-state index in [9.17, 15) is 27.9 Å². The fourth-order valence-electron chi connectivity index (χ4n) is 5.52. The van der Waals surface area contributed by atoms with Crippen LogP contribution in [0.15, 0.2) is 76.6 Å². The molecule has 3 aromatic carbocycles. The van der Waals surface area contributed by atoms with E-state index in [1.807, 2.05) is 13.8 Å². The van der Waals surface area contributed by atoms with Gasteiger partial charge < -0.3 is 30.2 Å². The van der Waals surface area contributed by atoms with Crippen LogP contribution >= 0.6 is 0 Å². The predicted molar refractivity (Wildman–Crippen MR) is 178 cm³/mol. The van der Waals surface area contributed by atoms with Crippen molar-refractivity contribution in [1.82, 2.24) is 10.3 Å². The normalized spacial score (nSPS) is 14.4. The van der Waals surface area contributed by atoms with Crippen molar-refractivity contribution in [2.45, 2.75) is 55.5 Å². The Bertz CT molecular complexity index is 1960. The maximum Gasteiger partial charge on any atom is 0.411 e. The van der Waals surface area contributed by atoms with Crippen molar-refractivity contribution >= 4 is 44.0 Å². The molecule has 0 saturated heterocycles. The monoisotopic (exact) mass is 662 g/mol. The predicted octanol–water partition coefficient (Wildman–Crippen LogP) is 5.06. The summed E-state index contributed by atoms with van der Waals surface area (Å²) in [5.74, 6) is -1.10. The number of fused-ring (bicyclic) bond motifs is 1. The maximum absolute atomic E-state index is 12.9. The molecule has 0 radical (unpaired) electrons. The highest BCUT2D eigenvalue weighted by atomic mass is 32.2. The largest absolute Gasteiger partial charge is 0.479 e. The number of H-pyrrole nitrogens is 1. The fraction of sp³-hybridized carbons (Fsp3) is 0.324. The third-order valence-corrected chi connectivity index (χ3v) is 10.3. The summed E-state index contributed by atoms with van der Waals surface area (Å²) in [6.45, 7) is 4.16. The summed E-state index contributed by atoms with van der Waals surface area (Å²) in [6.07, 6.45) is 1.50. The number of aliphatic carboxylic acids is 1. The minimum absolute atomic E-state index is 0.121. The molecule has 1 unspecified atom stereocenters. The summed E-state index contributed by atoms with van der Waals surface area (Å²) in [5.41, 5.74) is 3.10. The van der Waals surface area contributed by atoms with Crippen LogP contribution in [0.1, 0.15) is 54.2 Å². The van der Waals surface area contributed by atoms with Crippen LogP contribution in [0.3, 0.4) is 0 Å². The van der Waals surface area contributed by atoms with Gasteiger partial charge >= 0.3 is 12.1 Å². The van der Waals surface area contributed by atoms with Crippen LogP contribution in [0.2, 0.25) is 0 Å². The van der Waals surface area contributed by atoms with Crippen molar-refractivity contribution < 1.29 is 32.6 Å². The number of benzene rings is 3. The van der Waals surface area contributed by atoms with Crippen molar-refractivity contribution in [1.29, 1.82) is 0 Å². The number of carbonyl (C=O) groups is 2. The zero-order valence-electron chi connectivity index (χ0n) is 26.3. The lowest BCUT2D eigenvalue weighted by Gasteiger charge is -2.22. The third-order valence-electron chi connectivity index (χ3n) is 7.98. The molecule has 2 atom stereocenters. The van der Waals surface area contributed by atoms with Crippen LogP contribution < -0.4 is 21.5 Å². The lowest BCUT2D eigenvalue weighted by Crippen LogP contribution is -2.22. The molecule has 1 fully saturated rings. The number of ether oxygens (including phenoxy) is 2. The molecule has 248 valence electrons. The third kappa shape index (κ3) is 7.81. The zero-order valence-corrected chi connectivity index (χ0v) is 27.1. The van der Waals surface area contributed by atoms with Crippen LogP contribution in [0.5, 0.6) is 0 Å². The number of hydrogen-bond acceptors (Lipinski definition) is 9. The van der Waals surface area contributed by atoms with Crippen molar-refractivity contribution in [2.75, 3.05) is 30.9 Å². The summed E-state index contributed by atoms with van der Waals surface area (Å²) in [5, 5.41) is 19.5. The first-order valence-electron chi connectivity index (χ1n) is 15.3. The summed E-state index contributed by atoms with van der Waals surface area (Å²) >= 11 is 0. The smallest absolute Gasteiger partial charge is 0.411 e. The second-order valence-electron chi connectivity index (χ2n) is 11.4. The molecule has 1 saturated carbocycles. The van der Waals surface area contributed by atoms with E-state index in [0.717, 1.165) is 16.5 Å². The van der Waals surface area contributed by atoms with Gasteiger partial charge in [-0.3, -0.25) is 10.1 Å². The highest BCUT2D eigenvalue weighted by Crippen LogP contribution is 2.36. The molecule has 1 heterocycles. The summed E-state index contributed by atoms with van der Waals surface area (Å²) in [6, 6.07) is 15.6. The summed E-state index contributed by atoms with van der Waals surface area (Å²) < 4.78 is 37.1. The van der Waals surface area contributed by atoms with Crippen molar-refractivity contribution in [3.8, 4) is 0 Å². The Morgan fingerprint density at radius 1 is 1.04 bits per heavy atom. The van der Waals surface area contributed by atoms with Crippen LogP contribution in [0.25, 0.3) is 10.8 Å². The van der Waals surface area contributed by atoms with Gasteiger partial charge in [-0.15, -0.1) is 0 Å². The topological polar surface area (TPSA) is 176 Å². The number of aromatic amines is 1. The summed E-state index contributed by atoms with van der Waals surface area (Å²) in [7, 11) is -1.70. The SMILES string of the molecule is CCO[C@@H](COC(=O)Nc1ccc(S(=O)(=O)C2CC2)c(CNC)c1)c1ccc(C(Nc2ccc3cc[nH]c(=O)c3c2)C(=O)O)cc1C. The van der Waals surface area contributed by atoms with E-state index in [2.05, 4.69) is 20.9 Å². The van der Waals surface area contributed by atoms with E-state index >= 15 is 0 Å². The molecule has 0 bridgehead atoms. The molecule has 4 aromatic rings. The fourth-order valence-corrected chi connectivity index (χ4v) is 7.39. The van der Waals surface area contributed by atoms with E-state index < -0.39 is 34.0 Å². The van der Waals surface area contributed by atoms with Crippen LogP contribution in [0, 0.1) is 6.92 Å². The van der Waals surface area contributed by atoms with Crippen LogP contribution in [0.4, 0.5) is 16.2 Å². The first kappa shape index (κ1) is 33.6. The van der Waals surface area contributed by atoms with Crippen molar-refractivity contribution in [3.05, 3.63) is 99.5 Å². The maximum atomic E-state index is 12.9. The van der Waals surface area contributed by atoms with Gasteiger partial charge in [0.25, 0.3) is 5.56 Å². The van der Waals surface area contributed by atoms with Crippen LogP contribution in [-0.4, -0.2) is 56.1 Å². The van der Waals surface area contributed by atoms with E-state index in [-0.39, 0.29) is 22.3 Å². The molecule has 0 aliphatic heterocycles. The molecule has 13 heteroatoms. The van der Waals surface area contributed by atoms with E-state index in [4.69, 9.17) is 9.47 Å². The molecular formula is C34H38N4O8S. The molecule has 12 nitrogen and oxygen atoms in total. The van der Waals surface area contributed by atoms with Crippen molar-refractivity contribution in [3.63, 3.8) is 0 Å². The number of rotatable bonds is 14. The Hall–Kier alpha value is -4.72. The number of pyridine rings is 1. The van der Waals surface area contributed by atoms with Gasteiger partial charge in [0.1, 0.15) is 12.7 Å². The number of amides is 1. The van der Waals surface area contributed by atoms with Gasteiger partial charge in [0.2, 0.25) is 0 Å². The highest BCUT2D eigenvalue weighted by Gasteiger charge is 2.38. The highest BCUT2D eigenvalue weighted by molar-refractivity contribution is 7.92. The standard InChI is InChI=1S/C34H38N4O8S/c1-4-45-29(19-46-34(42)38-24-8-12-30(23(16-24)18-35-3)47(43,44)26-9-10-26)27-11-6-22(15-20(27)2)31(33(40)41)37-25-7-5-21-13-14-36-32(39)28(21)17-25/h5-8,11-17,26,29,31,35,37H,4,9-10,18-19H2,1-3H3,(H,36,39)(H,38,42)(H,40,41)/t29-,31?/m0/s1. The number of carboxylic acid groups (broad SMARTS) is 1. The second-order valence-corrected chi connectivity index (χ2v) is 13.6. The minimum Gasteiger partial charge on any atom is -0.479 e. The first-order valence-corrected chi connectivity index (χ1v) is 16.8. The van der Waals surface area contributed by atoms with Gasteiger partial charge in [-0.25, -0.2) is 18.0 Å². The number of carboxylic acids is 1. The Kier molecular flexibility index (Phi) is 10.3. The number of nitrogens with one attached hydrogen (secondary N) is 4. The molecule has 0 spiro atoms. The average molecular weight is 663 g/mol. The molecule has 5 rings (SSSR count). The van der Waals surface area contributed by atoms with Gasteiger partial charge in [-0.2, -0.15) is 0 Å². The number of carbonyl (C=O) groups excluding carboxylic acids is 1. The van der Waals surface area contributed by atoms with Gasteiger partial charge in [0, 0.05) is 36.1 Å². The average Bonchev–Trinajstić information content (AvgIpc) is 3.89. The molecule has 1 amide bonds. The lowest BCUT2D eigenvalue weighted by atomic mass is 9.97. The van der Waals surface area contributed by atoms with Crippen molar-refractivity contribution in [2.24, 2.45) is 0 Å². The molecule has 1 aliphatic carbocycles. The van der Waals surface area contributed by atoms with Gasteiger partial charge in [-0.05, 0) is 97.8 Å². The van der Waals surface area contributed by atoms with Gasteiger partial charge in [0.15, 0.2) is 15.9 Å². The molecular weight excluding hydrogens is 624 g/mol. The number of aromatic nitrogens is 1. The Labute approximate surface area is 272 Å². The zero-order chi connectivity index (χ0) is 33.7. The number of anilines is 2. The Balaban J connectivity index is 1.28. The van der Waals surface area contributed by atoms with E-state index in [1.165, 1.54) is 6.07 Å². The first-order chi connectivity index (χ1) is 22.5. The molecule has 1 aliphatic rings. The molecule has 1 aromatic heterocycles. The van der Waals surface area contributed by atoms with E-state index in [0.29, 0.717) is 53.9 Å². The minimum atomic E-state index is -3.41. The van der Waals surface area contributed by atoms with Crippen LogP contribution in [-0.2, 0) is 30.7 Å². The molecule has 5 N–H and O–H groups in total. The second kappa shape index (κ2) is 14.4.